The Hall–Kier alpha value is -4.01. The van der Waals surface area contributed by atoms with Crippen molar-refractivity contribution >= 4 is 41.0 Å². The van der Waals surface area contributed by atoms with Gasteiger partial charge in [-0.2, -0.15) is 0 Å². The number of carbonyl (C=O) groups is 2. The van der Waals surface area contributed by atoms with Crippen LogP contribution in [0.4, 0.5) is 5.95 Å². The molecule has 3 aromatic carbocycles. The fraction of sp³-hybridized carbons (Fsp3) is 0.233. The van der Waals surface area contributed by atoms with Gasteiger partial charge in [0.15, 0.2) is 11.5 Å². The van der Waals surface area contributed by atoms with Crippen molar-refractivity contribution in [1.29, 1.82) is 0 Å². The van der Waals surface area contributed by atoms with E-state index in [0.29, 0.717) is 45.0 Å². The summed E-state index contributed by atoms with van der Waals surface area (Å²) in [5.74, 6) is 0.874. The minimum absolute atomic E-state index is 0.148. The predicted molar refractivity (Wildman–Crippen MR) is 158 cm³/mol. The van der Waals surface area contributed by atoms with E-state index in [1.165, 1.54) is 4.90 Å². The molecule has 0 bridgehead atoms. The van der Waals surface area contributed by atoms with Crippen LogP contribution < -0.4 is 14.8 Å². The number of methoxy groups -OCH3 is 2. The number of halogens is 2. The molecule has 0 unspecified atom stereocenters. The lowest BCUT2D eigenvalue weighted by Gasteiger charge is -2.24. The Morgan fingerprint density at radius 2 is 1.55 bits per heavy atom. The minimum Gasteiger partial charge on any atom is -0.493 e. The Bertz CT molecular complexity index is 1480. The highest BCUT2D eigenvalue weighted by Crippen LogP contribution is 2.32. The fourth-order valence-corrected chi connectivity index (χ4v) is 4.42. The third kappa shape index (κ3) is 6.94. The summed E-state index contributed by atoms with van der Waals surface area (Å²) >= 11 is 12.1. The molecule has 10 heteroatoms. The van der Waals surface area contributed by atoms with Crippen LogP contribution in [0.3, 0.4) is 0 Å². The largest absolute Gasteiger partial charge is 0.493 e. The van der Waals surface area contributed by atoms with Crippen LogP contribution in [-0.4, -0.2) is 53.6 Å². The van der Waals surface area contributed by atoms with Gasteiger partial charge in [0.05, 0.1) is 25.6 Å². The number of hydrogen-bond donors (Lipinski definition) is 1. The Kier molecular flexibility index (Phi) is 9.34. The zero-order valence-corrected chi connectivity index (χ0v) is 24.2. The van der Waals surface area contributed by atoms with Crippen LogP contribution in [-0.2, 0) is 4.79 Å². The molecule has 0 aliphatic heterocycles. The Morgan fingerprint density at radius 1 is 0.925 bits per heavy atom. The van der Waals surface area contributed by atoms with Crippen molar-refractivity contribution in [1.82, 2.24) is 14.5 Å². The molecular weight excluding hydrogens is 551 g/mol. The quantitative estimate of drug-likeness (QED) is 0.228. The molecule has 0 aliphatic carbocycles. The maximum atomic E-state index is 13.4. The van der Waals surface area contributed by atoms with Crippen LogP contribution in [0.15, 0.2) is 72.9 Å². The molecule has 4 aromatic rings. The monoisotopic (exact) mass is 580 g/mol. The number of carbonyl (C=O) groups excluding carboxylic acids is 2. The number of nitrogens with one attached hydrogen (secondary N) is 1. The number of anilines is 1. The summed E-state index contributed by atoms with van der Waals surface area (Å²) in [5.41, 5.74) is 2.59. The first-order chi connectivity index (χ1) is 19.2. The van der Waals surface area contributed by atoms with E-state index in [1.807, 2.05) is 38.2 Å². The van der Waals surface area contributed by atoms with E-state index >= 15 is 0 Å². The number of ether oxygens (including phenoxy) is 2. The van der Waals surface area contributed by atoms with Crippen molar-refractivity contribution in [2.45, 2.75) is 13.8 Å². The molecule has 0 saturated carbocycles. The molecule has 8 nitrogen and oxygen atoms in total. The van der Waals surface area contributed by atoms with Crippen LogP contribution >= 0.6 is 23.2 Å². The second-order valence-corrected chi connectivity index (χ2v) is 10.4. The molecule has 0 aliphatic rings. The molecule has 0 spiro atoms. The van der Waals surface area contributed by atoms with Crippen LogP contribution in [0.1, 0.15) is 24.2 Å². The Morgan fingerprint density at radius 3 is 2.15 bits per heavy atom. The number of hydrogen-bond acceptors (Lipinski definition) is 5. The molecule has 40 heavy (non-hydrogen) atoms. The van der Waals surface area contributed by atoms with Gasteiger partial charge < -0.3 is 14.4 Å². The normalized spacial score (nSPS) is 10.9. The molecule has 1 N–H and O–H groups in total. The molecular formula is C30H30Cl2N4O4. The zero-order chi connectivity index (χ0) is 28.8. The van der Waals surface area contributed by atoms with Gasteiger partial charge in [0.25, 0.3) is 5.91 Å². The summed E-state index contributed by atoms with van der Waals surface area (Å²) in [7, 11) is 3.12. The molecule has 0 radical (unpaired) electrons. The Labute approximate surface area is 243 Å². The number of aromatic nitrogens is 2. The lowest BCUT2D eigenvalue weighted by molar-refractivity contribution is -0.117. The summed E-state index contributed by atoms with van der Waals surface area (Å²) in [6.07, 6.45) is 1.81. The first-order valence-corrected chi connectivity index (χ1v) is 13.4. The van der Waals surface area contributed by atoms with Crippen molar-refractivity contribution in [3.05, 3.63) is 88.5 Å². The van der Waals surface area contributed by atoms with Crippen molar-refractivity contribution in [2.75, 3.05) is 32.6 Å². The van der Waals surface area contributed by atoms with Crippen LogP contribution in [0.25, 0.3) is 16.9 Å². The maximum absolute atomic E-state index is 13.4. The van der Waals surface area contributed by atoms with Crippen LogP contribution in [0, 0.1) is 5.92 Å². The van der Waals surface area contributed by atoms with E-state index < -0.39 is 5.91 Å². The summed E-state index contributed by atoms with van der Waals surface area (Å²) in [5, 5.41) is 4.03. The number of imidazole rings is 1. The van der Waals surface area contributed by atoms with E-state index in [4.69, 9.17) is 37.7 Å². The van der Waals surface area contributed by atoms with E-state index in [0.717, 1.165) is 5.56 Å². The Balaban J connectivity index is 1.66. The van der Waals surface area contributed by atoms with E-state index in [9.17, 15) is 9.59 Å². The van der Waals surface area contributed by atoms with Gasteiger partial charge in [-0.1, -0.05) is 49.2 Å². The molecule has 1 heterocycles. The molecule has 208 valence electrons. The smallest absolute Gasteiger partial charge is 0.254 e. The van der Waals surface area contributed by atoms with Gasteiger partial charge in [-0.25, -0.2) is 4.98 Å². The summed E-state index contributed by atoms with van der Waals surface area (Å²) in [6.45, 7) is 4.22. The van der Waals surface area contributed by atoms with Crippen molar-refractivity contribution in [3.63, 3.8) is 0 Å². The summed E-state index contributed by atoms with van der Waals surface area (Å²) in [4.78, 5) is 32.8. The molecule has 0 atom stereocenters. The maximum Gasteiger partial charge on any atom is 0.254 e. The molecule has 1 aromatic heterocycles. The van der Waals surface area contributed by atoms with Gasteiger partial charge in [-0.3, -0.25) is 19.5 Å². The van der Waals surface area contributed by atoms with Crippen molar-refractivity contribution < 1.29 is 19.1 Å². The molecule has 0 fully saturated rings. The van der Waals surface area contributed by atoms with E-state index in [-0.39, 0.29) is 24.3 Å². The third-order valence-electron chi connectivity index (χ3n) is 6.04. The number of rotatable bonds is 10. The number of benzene rings is 3. The lowest BCUT2D eigenvalue weighted by atomic mass is 10.1. The number of amides is 2. The van der Waals surface area contributed by atoms with Gasteiger partial charge in [0, 0.05) is 40.0 Å². The highest BCUT2D eigenvalue weighted by Gasteiger charge is 2.22. The van der Waals surface area contributed by atoms with Gasteiger partial charge in [-0.15, -0.1) is 0 Å². The third-order valence-corrected chi connectivity index (χ3v) is 6.54. The summed E-state index contributed by atoms with van der Waals surface area (Å²) in [6, 6.07) is 19.3. The molecule has 4 rings (SSSR count). The van der Waals surface area contributed by atoms with Crippen molar-refractivity contribution in [2.24, 2.45) is 5.92 Å². The van der Waals surface area contributed by atoms with Gasteiger partial charge in [-0.05, 0) is 54.4 Å². The highest BCUT2D eigenvalue weighted by molar-refractivity contribution is 6.31. The number of nitrogens with zero attached hydrogens (tertiary/aromatic N) is 3. The second kappa shape index (κ2) is 12.9. The van der Waals surface area contributed by atoms with Crippen molar-refractivity contribution in [3.8, 4) is 28.4 Å². The van der Waals surface area contributed by atoms with Crippen LogP contribution in [0.2, 0.25) is 10.0 Å². The topological polar surface area (TPSA) is 85.7 Å². The molecule has 0 saturated heterocycles. The highest BCUT2D eigenvalue weighted by atomic mass is 35.5. The van der Waals surface area contributed by atoms with Gasteiger partial charge in [0.1, 0.15) is 6.54 Å². The van der Waals surface area contributed by atoms with Gasteiger partial charge in [0.2, 0.25) is 11.9 Å². The van der Waals surface area contributed by atoms with E-state index in [2.05, 4.69) is 5.32 Å². The SMILES string of the molecule is COc1ccc(-n2cc(-c3ccc(Cl)cc3)nc2NC(=O)CN(CC(C)C)C(=O)c2ccc(Cl)cc2)cc1OC. The average Bonchev–Trinajstić information content (AvgIpc) is 3.35. The second-order valence-electron chi connectivity index (χ2n) is 9.50. The summed E-state index contributed by atoms with van der Waals surface area (Å²) < 4.78 is 12.6. The van der Waals surface area contributed by atoms with Gasteiger partial charge >= 0.3 is 0 Å². The fourth-order valence-electron chi connectivity index (χ4n) is 4.17. The first-order valence-electron chi connectivity index (χ1n) is 12.6. The van der Waals surface area contributed by atoms with Crippen LogP contribution in [0.5, 0.6) is 11.5 Å². The van der Waals surface area contributed by atoms with E-state index in [1.54, 1.807) is 67.3 Å². The zero-order valence-electron chi connectivity index (χ0n) is 22.7. The predicted octanol–water partition coefficient (Wildman–Crippen LogP) is 6.60. The first kappa shape index (κ1) is 29.0. The standard InChI is InChI=1S/C30H30Cl2N4O4/c1-19(2)16-35(29(38)21-7-11-23(32)12-8-21)18-28(37)34-30-33-25(20-5-9-22(31)10-6-20)17-36(30)24-13-14-26(39-3)27(15-24)40-4/h5-15,17,19H,16,18H2,1-4H3,(H,33,34,37). The average molecular weight is 582 g/mol. The lowest BCUT2D eigenvalue weighted by Crippen LogP contribution is -2.40. The molecule has 2 amide bonds. The minimum atomic E-state index is -0.391.